The molecular formula is C16H23ClO. The Morgan fingerprint density at radius 3 is 2.78 bits per heavy atom. The van der Waals surface area contributed by atoms with Gasteiger partial charge in [0.1, 0.15) is 0 Å². The smallest absolute Gasteiger partial charge is 0.0571 e. The molecule has 1 saturated carbocycles. The Bertz CT molecular complexity index is 402. The summed E-state index contributed by atoms with van der Waals surface area (Å²) in [7, 11) is 0. The third-order valence-electron chi connectivity index (χ3n) is 4.32. The van der Waals surface area contributed by atoms with Gasteiger partial charge in [-0.3, -0.25) is 0 Å². The van der Waals surface area contributed by atoms with Crippen LogP contribution >= 0.6 is 11.6 Å². The minimum atomic E-state index is -0.148. The topological polar surface area (TPSA) is 20.2 Å². The number of aliphatic hydroxyl groups excluding tert-OH is 1. The standard InChI is InChI=1S/C16H23ClO/c1-3-12-5-7-16(18)14(9-12)10-13-6-4-11(2)8-15(13)17/h4,6,8,12,14,16,18H,3,5,7,9-10H2,1-2H3. The first kappa shape index (κ1) is 13.9. The van der Waals surface area contributed by atoms with Crippen LogP contribution in [0.2, 0.25) is 5.02 Å². The Morgan fingerprint density at radius 1 is 1.33 bits per heavy atom. The lowest BCUT2D eigenvalue weighted by Crippen LogP contribution is -2.30. The van der Waals surface area contributed by atoms with Crippen LogP contribution in [0.4, 0.5) is 0 Å². The number of aliphatic hydroxyl groups is 1. The van der Waals surface area contributed by atoms with Gasteiger partial charge in [-0.1, -0.05) is 37.1 Å². The maximum absolute atomic E-state index is 10.1. The maximum Gasteiger partial charge on any atom is 0.0571 e. The lowest BCUT2D eigenvalue weighted by molar-refractivity contribution is 0.0475. The van der Waals surface area contributed by atoms with Crippen molar-refractivity contribution in [2.45, 2.75) is 52.1 Å². The van der Waals surface area contributed by atoms with E-state index in [2.05, 4.69) is 26.0 Å². The molecule has 3 unspecified atom stereocenters. The molecule has 1 aromatic carbocycles. The van der Waals surface area contributed by atoms with E-state index in [1.54, 1.807) is 0 Å². The summed E-state index contributed by atoms with van der Waals surface area (Å²) in [6, 6.07) is 6.23. The van der Waals surface area contributed by atoms with Crippen molar-refractivity contribution in [3.63, 3.8) is 0 Å². The number of hydrogen-bond acceptors (Lipinski definition) is 1. The molecule has 100 valence electrons. The molecule has 0 radical (unpaired) electrons. The molecule has 1 aliphatic carbocycles. The van der Waals surface area contributed by atoms with Gasteiger partial charge in [0, 0.05) is 5.02 Å². The first-order valence-electron chi connectivity index (χ1n) is 7.03. The monoisotopic (exact) mass is 266 g/mol. The van der Waals surface area contributed by atoms with Gasteiger partial charge in [-0.25, -0.2) is 0 Å². The zero-order valence-corrected chi connectivity index (χ0v) is 12.1. The highest BCUT2D eigenvalue weighted by Crippen LogP contribution is 2.34. The molecule has 3 atom stereocenters. The van der Waals surface area contributed by atoms with Gasteiger partial charge in [-0.05, 0) is 61.6 Å². The second-order valence-corrected chi connectivity index (χ2v) is 6.12. The number of rotatable bonds is 3. The lowest BCUT2D eigenvalue weighted by atomic mass is 9.76. The zero-order valence-electron chi connectivity index (χ0n) is 11.3. The molecule has 0 saturated heterocycles. The summed E-state index contributed by atoms with van der Waals surface area (Å²) in [6.45, 7) is 4.30. The van der Waals surface area contributed by atoms with Crippen LogP contribution in [0, 0.1) is 18.8 Å². The number of hydrogen-bond donors (Lipinski definition) is 1. The van der Waals surface area contributed by atoms with Crippen LogP contribution in [-0.2, 0) is 6.42 Å². The molecule has 0 heterocycles. The second-order valence-electron chi connectivity index (χ2n) is 5.71. The van der Waals surface area contributed by atoms with Crippen molar-refractivity contribution in [1.82, 2.24) is 0 Å². The van der Waals surface area contributed by atoms with Crippen molar-refractivity contribution in [1.29, 1.82) is 0 Å². The molecular weight excluding hydrogens is 244 g/mol. The van der Waals surface area contributed by atoms with E-state index in [4.69, 9.17) is 11.6 Å². The van der Waals surface area contributed by atoms with Crippen LogP contribution in [0.25, 0.3) is 0 Å². The Labute approximate surface area is 115 Å². The van der Waals surface area contributed by atoms with Gasteiger partial charge in [-0.2, -0.15) is 0 Å². The van der Waals surface area contributed by atoms with Crippen molar-refractivity contribution < 1.29 is 5.11 Å². The fourth-order valence-corrected chi connectivity index (χ4v) is 3.35. The maximum atomic E-state index is 10.1. The first-order chi connectivity index (χ1) is 8.60. The van der Waals surface area contributed by atoms with E-state index in [1.807, 2.05) is 6.07 Å². The van der Waals surface area contributed by atoms with Crippen molar-refractivity contribution in [3.8, 4) is 0 Å². The predicted molar refractivity (Wildman–Crippen MR) is 77.0 cm³/mol. The van der Waals surface area contributed by atoms with Gasteiger partial charge in [-0.15, -0.1) is 0 Å². The summed E-state index contributed by atoms with van der Waals surface area (Å²) in [5, 5.41) is 11.0. The average Bonchev–Trinajstić information content (AvgIpc) is 2.35. The fourth-order valence-electron chi connectivity index (χ4n) is 3.04. The van der Waals surface area contributed by atoms with E-state index in [1.165, 1.54) is 24.0 Å². The molecule has 0 aliphatic heterocycles. The minimum Gasteiger partial charge on any atom is -0.393 e. The summed E-state index contributed by atoms with van der Waals surface area (Å²) in [5.41, 5.74) is 2.38. The summed E-state index contributed by atoms with van der Waals surface area (Å²) in [6.07, 6.45) is 5.26. The highest BCUT2D eigenvalue weighted by molar-refractivity contribution is 6.31. The summed E-state index contributed by atoms with van der Waals surface area (Å²) in [5.74, 6) is 1.16. The lowest BCUT2D eigenvalue weighted by Gasteiger charge is -2.33. The Morgan fingerprint density at radius 2 is 2.11 bits per heavy atom. The molecule has 1 aromatic rings. The van der Waals surface area contributed by atoms with Crippen LogP contribution < -0.4 is 0 Å². The van der Waals surface area contributed by atoms with Gasteiger partial charge < -0.3 is 5.11 Å². The van der Waals surface area contributed by atoms with Crippen molar-refractivity contribution in [3.05, 3.63) is 34.3 Å². The summed E-state index contributed by atoms with van der Waals surface area (Å²) >= 11 is 6.29. The van der Waals surface area contributed by atoms with Crippen LogP contribution in [0.5, 0.6) is 0 Å². The highest BCUT2D eigenvalue weighted by Gasteiger charge is 2.28. The van der Waals surface area contributed by atoms with Gasteiger partial charge in [0.2, 0.25) is 0 Å². The molecule has 0 spiro atoms. The molecule has 1 fully saturated rings. The minimum absolute atomic E-state index is 0.148. The largest absolute Gasteiger partial charge is 0.393 e. The van der Waals surface area contributed by atoms with E-state index in [0.29, 0.717) is 5.92 Å². The fraction of sp³-hybridized carbons (Fsp3) is 0.625. The summed E-state index contributed by atoms with van der Waals surface area (Å²) < 4.78 is 0. The van der Waals surface area contributed by atoms with Gasteiger partial charge in [0.25, 0.3) is 0 Å². The van der Waals surface area contributed by atoms with Gasteiger partial charge >= 0.3 is 0 Å². The number of benzene rings is 1. The number of aryl methyl sites for hydroxylation is 1. The van der Waals surface area contributed by atoms with Crippen LogP contribution in [0.15, 0.2) is 18.2 Å². The molecule has 2 rings (SSSR count). The Balaban J connectivity index is 2.07. The molecule has 1 nitrogen and oxygen atoms in total. The Hall–Kier alpha value is -0.530. The molecule has 0 amide bonds. The molecule has 18 heavy (non-hydrogen) atoms. The average molecular weight is 267 g/mol. The third-order valence-corrected chi connectivity index (χ3v) is 4.67. The van der Waals surface area contributed by atoms with Crippen molar-refractivity contribution >= 4 is 11.6 Å². The normalized spacial score (nSPS) is 28.3. The van der Waals surface area contributed by atoms with E-state index in [-0.39, 0.29) is 6.10 Å². The van der Waals surface area contributed by atoms with Crippen molar-refractivity contribution in [2.24, 2.45) is 11.8 Å². The third kappa shape index (κ3) is 3.27. The highest BCUT2D eigenvalue weighted by atomic mass is 35.5. The quantitative estimate of drug-likeness (QED) is 0.861. The predicted octanol–water partition coefficient (Wildman–Crippen LogP) is 4.38. The molecule has 2 heteroatoms. The van der Waals surface area contributed by atoms with Crippen molar-refractivity contribution in [2.75, 3.05) is 0 Å². The van der Waals surface area contributed by atoms with Crippen LogP contribution in [0.1, 0.15) is 43.7 Å². The van der Waals surface area contributed by atoms with E-state index in [9.17, 15) is 5.11 Å². The van der Waals surface area contributed by atoms with E-state index in [0.717, 1.165) is 30.2 Å². The van der Waals surface area contributed by atoms with E-state index >= 15 is 0 Å². The number of halogens is 1. The zero-order chi connectivity index (χ0) is 13.1. The second kappa shape index (κ2) is 6.08. The van der Waals surface area contributed by atoms with Gasteiger partial charge in [0.15, 0.2) is 0 Å². The Kier molecular flexibility index (Phi) is 4.69. The van der Waals surface area contributed by atoms with E-state index < -0.39 is 0 Å². The first-order valence-corrected chi connectivity index (χ1v) is 7.41. The molecule has 0 aromatic heterocycles. The molecule has 1 N–H and O–H groups in total. The van der Waals surface area contributed by atoms with Gasteiger partial charge in [0.05, 0.1) is 6.10 Å². The molecule has 1 aliphatic rings. The summed E-state index contributed by atoms with van der Waals surface area (Å²) in [4.78, 5) is 0. The van der Waals surface area contributed by atoms with Crippen LogP contribution in [-0.4, -0.2) is 11.2 Å². The molecule has 0 bridgehead atoms. The SMILES string of the molecule is CCC1CCC(O)C(Cc2ccc(C)cc2Cl)C1. The van der Waals surface area contributed by atoms with Crippen LogP contribution in [0.3, 0.4) is 0 Å².